The van der Waals surface area contributed by atoms with Gasteiger partial charge in [-0.15, -0.1) is 0 Å². The zero-order valence-corrected chi connectivity index (χ0v) is 15.2. The number of nitrogens with zero attached hydrogens (tertiary/aromatic N) is 2. The van der Waals surface area contributed by atoms with Crippen molar-refractivity contribution >= 4 is 33.3 Å². The predicted molar refractivity (Wildman–Crippen MR) is 95.8 cm³/mol. The van der Waals surface area contributed by atoms with E-state index < -0.39 is 21.7 Å². The SMILES string of the molecule is Cc1ccc(S(=O)(=O)ON=C(C#N)C(=O)NCc2ccccc2Cl)cc1. The molecule has 2 rings (SSSR count). The number of nitriles is 1. The van der Waals surface area contributed by atoms with E-state index in [1.54, 1.807) is 43.3 Å². The van der Waals surface area contributed by atoms with E-state index in [0.29, 0.717) is 10.6 Å². The van der Waals surface area contributed by atoms with Crippen LogP contribution in [0.1, 0.15) is 11.1 Å². The topological polar surface area (TPSA) is 109 Å². The Kier molecular flexibility index (Phi) is 6.33. The van der Waals surface area contributed by atoms with Crippen LogP contribution in [0.5, 0.6) is 0 Å². The maximum Gasteiger partial charge on any atom is 0.358 e. The van der Waals surface area contributed by atoms with Crippen molar-refractivity contribution in [2.75, 3.05) is 0 Å². The first-order valence-corrected chi connectivity index (χ1v) is 9.12. The first-order valence-electron chi connectivity index (χ1n) is 7.33. The fourth-order valence-electron chi connectivity index (χ4n) is 1.85. The summed E-state index contributed by atoms with van der Waals surface area (Å²) in [7, 11) is -4.23. The molecule has 0 aliphatic heterocycles. The summed E-state index contributed by atoms with van der Waals surface area (Å²) in [5.74, 6) is -0.883. The number of halogens is 1. The number of benzene rings is 2. The zero-order chi connectivity index (χ0) is 19.2. The number of hydrogen-bond acceptors (Lipinski definition) is 6. The molecule has 0 bridgehead atoms. The fraction of sp³-hybridized carbons (Fsp3) is 0.118. The number of aryl methyl sites for hydroxylation is 1. The van der Waals surface area contributed by atoms with Gasteiger partial charge >= 0.3 is 10.1 Å². The van der Waals surface area contributed by atoms with Gasteiger partial charge < -0.3 is 5.32 Å². The van der Waals surface area contributed by atoms with E-state index in [-0.39, 0.29) is 11.4 Å². The second-order valence-corrected chi connectivity index (χ2v) is 7.10. The van der Waals surface area contributed by atoms with E-state index in [0.717, 1.165) is 5.56 Å². The lowest BCUT2D eigenvalue weighted by Crippen LogP contribution is -2.30. The van der Waals surface area contributed by atoms with Crippen LogP contribution in [0.3, 0.4) is 0 Å². The summed E-state index contributed by atoms with van der Waals surface area (Å²) in [6.45, 7) is 1.84. The molecule has 0 heterocycles. The Morgan fingerprint density at radius 3 is 2.50 bits per heavy atom. The van der Waals surface area contributed by atoms with Gasteiger partial charge in [-0.1, -0.05) is 47.5 Å². The van der Waals surface area contributed by atoms with Crippen molar-refractivity contribution in [1.29, 1.82) is 5.26 Å². The minimum Gasteiger partial charge on any atom is -0.346 e. The Labute approximate surface area is 156 Å². The molecular formula is C17H14ClN3O4S. The van der Waals surface area contributed by atoms with Gasteiger partial charge in [0, 0.05) is 11.6 Å². The number of nitrogens with one attached hydrogen (secondary N) is 1. The quantitative estimate of drug-likeness (QED) is 0.601. The van der Waals surface area contributed by atoms with Gasteiger partial charge in [0.25, 0.3) is 5.91 Å². The van der Waals surface area contributed by atoms with Gasteiger partial charge in [0.15, 0.2) is 0 Å². The predicted octanol–water partition coefficient (Wildman–Crippen LogP) is 2.55. The van der Waals surface area contributed by atoms with E-state index >= 15 is 0 Å². The molecule has 2 aromatic carbocycles. The molecule has 134 valence electrons. The highest BCUT2D eigenvalue weighted by Gasteiger charge is 2.18. The third-order valence-electron chi connectivity index (χ3n) is 3.25. The monoisotopic (exact) mass is 391 g/mol. The van der Waals surface area contributed by atoms with E-state index in [9.17, 15) is 13.2 Å². The molecule has 0 radical (unpaired) electrons. The van der Waals surface area contributed by atoms with Crippen molar-refractivity contribution in [3.8, 4) is 6.07 Å². The van der Waals surface area contributed by atoms with E-state index in [1.807, 2.05) is 0 Å². The molecule has 1 amide bonds. The van der Waals surface area contributed by atoms with E-state index in [2.05, 4.69) is 14.8 Å². The fourth-order valence-corrected chi connectivity index (χ4v) is 2.78. The largest absolute Gasteiger partial charge is 0.358 e. The zero-order valence-electron chi connectivity index (χ0n) is 13.6. The summed E-state index contributed by atoms with van der Waals surface area (Å²) in [6, 6.07) is 14.2. The third-order valence-corrected chi connectivity index (χ3v) is 4.74. The van der Waals surface area contributed by atoms with Crippen molar-refractivity contribution < 1.29 is 17.5 Å². The van der Waals surface area contributed by atoms with Gasteiger partial charge in [-0.3, -0.25) is 9.08 Å². The minimum absolute atomic E-state index is 0.0456. The van der Waals surface area contributed by atoms with Crippen LogP contribution in [0.15, 0.2) is 58.6 Å². The van der Waals surface area contributed by atoms with Crippen LogP contribution in [-0.4, -0.2) is 20.0 Å². The number of oxime groups is 1. The second kappa shape index (κ2) is 8.47. The molecule has 2 aromatic rings. The van der Waals surface area contributed by atoms with Gasteiger partial charge in [-0.2, -0.15) is 13.7 Å². The first kappa shape index (κ1) is 19.4. The number of amides is 1. The summed E-state index contributed by atoms with van der Waals surface area (Å²) >= 11 is 5.97. The standard InChI is InChI=1S/C17H14ClN3O4S/c1-12-6-8-14(9-7-12)26(23,24)25-21-16(10-19)17(22)20-11-13-4-2-3-5-15(13)18/h2-9H,11H2,1H3,(H,20,22). The molecule has 0 atom stereocenters. The summed E-state index contributed by atoms with van der Waals surface area (Å²) in [5.41, 5.74) is 0.768. The Balaban J connectivity index is 2.07. The average Bonchev–Trinajstić information content (AvgIpc) is 2.62. The molecule has 0 spiro atoms. The number of rotatable bonds is 6. The van der Waals surface area contributed by atoms with Gasteiger partial charge in [-0.25, -0.2) is 0 Å². The highest BCUT2D eigenvalue weighted by Crippen LogP contribution is 2.15. The van der Waals surface area contributed by atoms with Crippen LogP contribution in [0, 0.1) is 18.3 Å². The molecule has 0 unspecified atom stereocenters. The normalized spacial score (nSPS) is 11.5. The van der Waals surface area contributed by atoms with Crippen LogP contribution in [0.4, 0.5) is 0 Å². The molecule has 26 heavy (non-hydrogen) atoms. The molecule has 7 nitrogen and oxygen atoms in total. The number of hydrogen-bond donors (Lipinski definition) is 1. The summed E-state index contributed by atoms with van der Waals surface area (Å²) in [4.78, 5) is 11.8. The Hall–Kier alpha value is -2.89. The van der Waals surface area contributed by atoms with Crippen molar-refractivity contribution in [2.45, 2.75) is 18.4 Å². The molecule has 0 fully saturated rings. The molecule has 0 saturated heterocycles. The minimum atomic E-state index is -4.23. The molecule has 0 saturated carbocycles. The van der Waals surface area contributed by atoms with E-state index in [4.69, 9.17) is 16.9 Å². The van der Waals surface area contributed by atoms with Crippen LogP contribution in [0.2, 0.25) is 5.02 Å². The lowest BCUT2D eigenvalue weighted by Gasteiger charge is -2.06. The van der Waals surface area contributed by atoms with Crippen molar-refractivity contribution in [3.63, 3.8) is 0 Å². The van der Waals surface area contributed by atoms with Gasteiger partial charge in [0.2, 0.25) is 5.71 Å². The molecule has 0 aromatic heterocycles. The summed E-state index contributed by atoms with van der Waals surface area (Å²) in [6.07, 6.45) is 0. The summed E-state index contributed by atoms with van der Waals surface area (Å²) < 4.78 is 28.5. The average molecular weight is 392 g/mol. The molecule has 1 N–H and O–H groups in total. The Morgan fingerprint density at radius 1 is 1.23 bits per heavy atom. The van der Waals surface area contributed by atoms with Crippen molar-refractivity contribution in [1.82, 2.24) is 5.32 Å². The molecular weight excluding hydrogens is 378 g/mol. The van der Waals surface area contributed by atoms with Gasteiger partial charge in [0.05, 0.1) is 0 Å². The second-order valence-electron chi connectivity index (χ2n) is 5.17. The molecule has 0 aliphatic rings. The Bertz CT molecular complexity index is 980. The van der Waals surface area contributed by atoms with Crippen LogP contribution < -0.4 is 5.32 Å². The van der Waals surface area contributed by atoms with Crippen LogP contribution in [0.25, 0.3) is 0 Å². The van der Waals surface area contributed by atoms with Gasteiger partial charge in [0.1, 0.15) is 11.0 Å². The maximum absolute atomic E-state index is 12.0. The summed E-state index contributed by atoms with van der Waals surface area (Å²) in [5, 5.41) is 15.0. The van der Waals surface area contributed by atoms with E-state index in [1.165, 1.54) is 18.2 Å². The lowest BCUT2D eigenvalue weighted by molar-refractivity contribution is -0.114. The van der Waals surface area contributed by atoms with Gasteiger partial charge in [-0.05, 0) is 35.8 Å². The third kappa shape index (κ3) is 5.05. The lowest BCUT2D eigenvalue weighted by atomic mass is 10.2. The highest BCUT2D eigenvalue weighted by atomic mass is 35.5. The van der Waals surface area contributed by atoms with Crippen LogP contribution >= 0.6 is 11.6 Å². The van der Waals surface area contributed by atoms with Crippen LogP contribution in [-0.2, 0) is 25.7 Å². The maximum atomic E-state index is 12.0. The molecule has 0 aliphatic carbocycles. The smallest absolute Gasteiger partial charge is 0.346 e. The van der Waals surface area contributed by atoms with Crippen molar-refractivity contribution in [2.24, 2.45) is 5.16 Å². The Morgan fingerprint density at radius 2 is 1.88 bits per heavy atom. The molecule has 9 heteroatoms. The first-order chi connectivity index (χ1) is 12.3. The number of carbonyl (C=O) groups is 1. The number of carbonyl (C=O) groups excluding carboxylic acids is 1. The van der Waals surface area contributed by atoms with Crippen molar-refractivity contribution in [3.05, 3.63) is 64.7 Å². The highest BCUT2D eigenvalue weighted by molar-refractivity contribution is 7.86.